The lowest BCUT2D eigenvalue weighted by Crippen LogP contribution is -2.01. The molecule has 0 saturated heterocycles. The van der Waals surface area contributed by atoms with E-state index >= 15 is 0 Å². The zero-order valence-electron chi connectivity index (χ0n) is 16.4. The first kappa shape index (κ1) is 18.5. The molecule has 2 heterocycles. The van der Waals surface area contributed by atoms with Crippen LogP contribution < -0.4 is 0 Å². The molecule has 0 atom stereocenters. The summed E-state index contributed by atoms with van der Waals surface area (Å²) in [5.41, 5.74) is 5.42. The second-order valence-electron chi connectivity index (χ2n) is 7.43. The summed E-state index contributed by atoms with van der Waals surface area (Å²) < 4.78 is 5.81. The largest absolute Gasteiger partial charge is 0.480 e. The van der Waals surface area contributed by atoms with Crippen LogP contribution in [0.3, 0.4) is 0 Å². The first-order valence-corrected chi connectivity index (χ1v) is 10.1. The van der Waals surface area contributed by atoms with Crippen LogP contribution in [0.5, 0.6) is 5.95 Å². The van der Waals surface area contributed by atoms with Crippen LogP contribution in [-0.2, 0) is 12.8 Å². The third kappa shape index (κ3) is 3.13. The summed E-state index contributed by atoms with van der Waals surface area (Å²) in [6, 6.07) is 11.6. The van der Waals surface area contributed by atoms with Crippen LogP contribution in [0.15, 0.2) is 45.8 Å². The van der Waals surface area contributed by atoms with Gasteiger partial charge < -0.3 is 9.52 Å². The predicted octanol–water partition coefficient (Wildman–Crippen LogP) is 5.81. The van der Waals surface area contributed by atoms with Crippen LogP contribution in [0.1, 0.15) is 72.1 Å². The van der Waals surface area contributed by atoms with Crippen LogP contribution in [0.25, 0.3) is 11.0 Å². The normalized spacial score (nSPS) is 13.2. The van der Waals surface area contributed by atoms with Gasteiger partial charge in [-0.3, -0.25) is 4.79 Å². The third-order valence-corrected chi connectivity index (χ3v) is 5.39. The fourth-order valence-electron chi connectivity index (χ4n) is 3.92. The smallest absolute Gasteiger partial charge is 0.292 e. The number of carbonyl (C=O) groups is 1. The monoisotopic (exact) mass is 375 g/mol. The fraction of sp³-hybridized carbons (Fsp3) is 0.333. The Morgan fingerprint density at radius 3 is 2.46 bits per heavy atom. The molecule has 0 fully saturated rings. The van der Waals surface area contributed by atoms with E-state index in [1.165, 1.54) is 5.56 Å². The Morgan fingerprint density at radius 1 is 1.00 bits per heavy atom. The summed E-state index contributed by atoms with van der Waals surface area (Å²) in [7, 11) is 0. The highest BCUT2D eigenvalue weighted by molar-refractivity contribution is 6.31. The molecule has 0 saturated carbocycles. The number of aromatic hydroxyl groups is 1. The van der Waals surface area contributed by atoms with E-state index in [9.17, 15) is 9.90 Å². The van der Waals surface area contributed by atoms with Crippen molar-refractivity contribution in [2.45, 2.75) is 52.4 Å². The molecular formula is C24H25NO3. The number of aliphatic imine (C=N–C) groups is 1. The Morgan fingerprint density at radius 2 is 1.71 bits per heavy atom. The number of rotatable bonds is 7. The molecule has 4 rings (SSSR count). The number of hydrogen-bond donors (Lipinski definition) is 1. The molecule has 28 heavy (non-hydrogen) atoms. The zero-order chi connectivity index (χ0) is 19.7. The highest BCUT2D eigenvalue weighted by atomic mass is 16.5. The molecule has 1 N–H and O–H groups in total. The number of carbonyl (C=O) groups excluding carboxylic acids is 1. The first-order valence-electron chi connectivity index (χ1n) is 10.1. The van der Waals surface area contributed by atoms with Gasteiger partial charge in [0.1, 0.15) is 5.58 Å². The average molecular weight is 375 g/mol. The zero-order valence-corrected chi connectivity index (χ0v) is 16.4. The maximum Gasteiger partial charge on any atom is 0.292 e. The van der Waals surface area contributed by atoms with Crippen LogP contribution in [0.2, 0.25) is 0 Å². The van der Waals surface area contributed by atoms with Crippen molar-refractivity contribution in [3.05, 3.63) is 64.2 Å². The molecule has 0 bridgehead atoms. The minimum absolute atomic E-state index is 0.163. The van der Waals surface area contributed by atoms with Gasteiger partial charge in [0, 0.05) is 10.9 Å². The topological polar surface area (TPSA) is 62.8 Å². The molecule has 1 aliphatic rings. The van der Waals surface area contributed by atoms with Gasteiger partial charge in [0.05, 0.1) is 16.8 Å². The standard InChI is InChI=1S/C24H25NO3/c1-3-5-9-15-13-16(10-6-4-2)22-19(14-15)20(24(27)28-22)21-17-11-7-8-12-18(17)23(26)25-21/h7-8,11-14,27H,3-6,9-10H2,1-2H3. The summed E-state index contributed by atoms with van der Waals surface area (Å²) >= 11 is 0. The number of aryl methyl sites for hydroxylation is 2. The number of nitrogens with zero attached hydrogens (tertiary/aromatic N) is 1. The molecule has 2 aromatic carbocycles. The lowest BCUT2D eigenvalue weighted by atomic mass is 9.94. The number of fused-ring (bicyclic) bond motifs is 2. The molecule has 1 aromatic heterocycles. The van der Waals surface area contributed by atoms with Crippen molar-refractivity contribution < 1.29 is 14.3 Å². The van der Waals surface area contributed by atoms with Gasteiger partial charge in [0.25, 0.3) is 11.9 Å². The minimum Gasteiger partial charge on any atom is -0.480 e. The van der Waals surface area contributed by atoms with Crippen molar-refractivity contribution in [2.75, 3.05) is 0 Å². The van der Waals surface area contributed by atoms with Gasteiger partial charge in [-0.2, -0.15) is 0 Å². The maximum atomic E-state index is 12.3. The van der Waals surface area contributed by atoms with Crippen LogP contribution in [-0.4, -0.2) is 16.7 Å². The van der Waals surface area contributed by atoms with Gasteiger partial charge in [0.2, 0.25) is 0 Å². The number of furan rings is 1. The van der Waals surface area contributed by atoms with E-state index in [2.05, 4.69) is 31.0 Å². The second kappa shape index (κ2) is 7.63. The van der Waals surface area contributed by atoms with Crippen molar-refractivity contribution in [2.24, 2.45) is 4.99 Å². The number of unbranched alkanes of at least 4 members (excludes halogenated alkanes) is 2. The van der Waals surface area contributed by atoms with Crippen molar-refractivity contribution in [3.63, 3.8) is 0 Å². The summed E-state index contributed by atoms with van der Waals surface area (Å²) in [5, 5.41) is 11.5. The lowest BCUT2D eigenvalue weighted by molar-refractivity contribution is 0.101. The Balaban J connectivity index is 1.91. The maximum absolute atomic E-state index is 12.3. The molecule has 1 amide bonds. The van der Waals surface area contributed by atoms with Crippen LogP contribution in [0, 0.1) is 0 Å². The molecule has 3 aromatic rings. The molecule has 4 heteroatoms. The second-order valence-corrected chi connectivity index (χ2v) is 7.43. The number of hydrogen-bond acceptors (Lipinski definition) is 3. The van der Waals surface area contributed by atoms with Crippen molar-refractivity contribution >= 4 is 22.6 Å². The molecule has 0 radical (unpaired) electrons. The van der Waals surface area contributed by atoms with Gasteiger partial charge in [-0.15, -0.1) is 0 Å². The third-order valence-electron chi connectivity index (χ3n) is 5.39. The Kier molecular flexibility index (Phi) is 5.03. The van der Waals surface area contributed by atoms with Crippen LogP contribution in [0.4, 0.5) is 0 Å². The number of amides is 1. The van der Waals surface area contributed by atoms with Gasteiger partial charge >= 0.3 is 0 Å². The summed E-state index contributed by atoms with van der Waals surface area (Å²) in [6.45, 7) is 4.35. The van der Waals surface area contributed by atoms with Crippen LogP contribution >= 0.6 is 0 Å². The molecular weight excluding hydrogens is 350 g/mol. The van der Waals surface area contributed by atoms with Crippen molar-refractivity contribution in [3.8, 4) is 5.95 Å². The Hall–Kier alpha value is -2.88. The summed E-state index contributed by atoms with van der Waals surface area (Å²) in [4.78, 5) is 16.6. The van der Waals surface area contributed by atoms with E-state index in [1.54, 1.807) is 6.07 Å². The molecule has 0 aliphatic carbocycles. The van der Waals surface area contributed by atoms with E-state index in [4.69, 9.17) is 4.42 Å². The highest BCUT2D eigenvalue weighted by Gasteiger charge is 2.30. The number of benzene rings is 2. The van der Waals surface area contributed by atoms with E-state index in [0.717, 1.165) is 55.0 Å². The quantitative estimate of drug-likeness (QED) is 0.566. The Labute approximate surface area is 164 Å². The molecule has 0 unspecified atom stereocenters. The SMILES string of the molecule is CCCCc1cc(CCCC)c2oc(O)c(C3=NC(=O)c4ccccc43)c2c1. The molecule has 4 nitrogen and oxygen atoms in total. The lowest BCUT2D eigenvalue weighted by Gasteiger charge is -2.07. The molecule has 144 valence electrons. The van der Waals surface area contributed by atoms with E-state index in [0.29, 0.717) is 22.4 Å². The van der Waals surface area contributed by atoms with E-state index in [1.807, 2.05) is 18.2 Å². The average Bonchev–Trinajstić information content (AvgIpc) is 3.21. The minimum atomic E-state index is -0.271. The highest BCUT2D eigenvalue weighted by Crippen LogP contribution is 2.38. The fourth-order valence-corrected chi connectivity index (χ4v) is 3.92. The van der Waals surface area contributed by atoms with E-state index in [-0.39, 0.29) is 11.9 Å². The first-order chi connectivity index (χ1) is 13.6. The summed E-state index contributed by atoms with van der Waals surface area (Å²) in [5.74, 6) is -0.434. The predicted molar refractivity (Wildman–Crippen MR) is 112 cm³/mol. The van der Waals surface area contributed by atoms with Crippen molar-refractivity contribution in [1.29, 1.82) is 0 Å². The van der Waals surface area contributed by atoms with E-state index < -0.39 is 0 Å². The van der Waals surface area contributed by atoms with Gasteiger partial charge in [-0.1, -0.05) is 51.0 Å². The molecule has 1 aliphatic heterocycles. The van der Waals surface area contributed by atoms with Crippen molar-refractivity contribution in [1.82, 2.24) is 0 Å². The summed E-state index contributed by atoms with van der Waals surface area (Å²) in [6.07, 6.45) is 6.28. The Bertz CT molecular complexity index is 1070. The molecule has 0 spiro atoms. The van der Waals surface area contributed by atoms with Gasteiger partial charge in [0.15, 0.2) is 0 Å². The van der Waals surface area contributed by atoms with Gasteiger partial charge in [-0.05, 0) is 48.9 Å². The van der Waals surface area contributed by atoms with Gasteiger partial charge in [-0.25, -0.2) is 4.99 Å².